The molecule has 0 aliphatic carbocycles. The Labute approximate surface area is 118 Å². The van der Waals surface area contributed by atoms with Crippen LogP contribution in [0.25, 0.3) is 0 Å². The van der Waals surface area contributed by atoms with Gasteiger partial charge in [-0.3, -0.25) is 4.79 Å². The summed E-state index contributed by atoms with van der Waals surface area (Å²) in [6, 6.07) is 0. The second-order valence-electron chi connectivity index (χ2n) is 4.81. The number of rotatable bonds is 8. The van der Waals surface area contributed by atoms with E-state index in [4.69, 9.17) is 9.52 Å². The second-order valence-corrected chi connectivity index (χ2v) is 5.86. The Hall–Kier alpha value is -1.01. The van der Waals surface area contributed by atoms with Gasteiger partial charge < -0.3 is 14.8 Å². The number of aromatic nitrogens is 1. The number of likely N-dealkylation sites (N-methyl/N-ethyl adjacent to an activating group) is 1. The fourth-order valence-electron chi connectivity index (χ4n) is 1.58. The lowest BCUT2D eigenvalue weighted by molar-refractivity contribution is -0.144. The summed E-state index contributed by atoms with van der Waals surface area (Å²) < 4.78 is 5.47. The summed E-state index contributed by atoms with van der Waals surface area (Å²) in [7, 11) is 1.68. The highest BCUT2D eigenvalue weighted by atomic mass is 32.2. The van der Waals surface area contributed by atoms with Crippen LogP contribution in [0.3, 0.4) is 0 Å². The molecule has 0 aromatic carbocycles. The second kappa shape index (κ2) is 6.96. The van der Waals surface area contributed by atoms with Crippen molar-refractivity contribution in [1.82, 2.24) is 10.3 Å². The van der Waals surface area contributed by atoms with E-state index in [0.29, 0.717) is 11.6 Å². The highest BCUT2D eigenvalue weighted by molar-refractivity contribution is 7.99. The molecule has 0 amide bonds. The van der Waals surface area contributed by atoms with Gasteiger partial charge in [0.05, 0.1) is 5.69 Å². The van der Waals surface area contributed by atoms with Gasteiger partial charge in [-0.15, -0.1) is 0 Å². The van der Waals surface area contributed by atoms with E-state index in [2.05, 4.69) is 10.3 Å². The van der Waals surface area contributed by atoms with Crippen LogP contribution in [-0.2, 0) is 4.79 Å². The number of nitrogens with one attached hydrogen (secondary N) is 1. The standard InChI is InChI=1S/C13H22N2O3S/c1-9-10(2)18-12(15-9)19-8-6-5-7-13(3,14-4)11(16)17/h14H,5-8H2,1-4H3,(H,16,17). The van der Waals surface area contributed by atoms with E-state index in [0.717, 1.165) is 30.0 Å². The number of unbranched alkanes of at least 4 members (excludes halogenated alkanes) is 1. The smallest absolute Gasteiger partial charge is 0.323 e. The average molecular weight is 286 g/mol. The minimum absolute atomic E-state index is 0.614. The summed E-state index contributed by atoms with van der Waals surface area (Å²) in [5.74, 6) is 0.941. The molecule has 0 bridgehead atoms. The summed E-state index contributed by atoms with van der Waals surface area (Å²) in [5.41, 5.74) is 0.0944. The number of nitrogens with zero attached hydrogens (tertiary/aromatic N) is 1. The van der Waals surface area contributed by atoms with Crippen LogP contribution < -0.4 is 5.32 Å². The molecule has 1 heterocycles. The Morgan fingerprint density at radius 1 is 1.47 bits per heavy atom. The predicted molar refractivity (Wildman–Crippen MR) is 75.7 cm³/mol. The maximum atomic E-state index is 11.1. The number of thioether (sulfide) groups is 1. The first-order valence-electron chi connectivity index (χ1n) is 6.38. The predicted octanol–water partition coefficient (Wildman–Crippen LogP) is 2.62. The lowest BCUT2D eigenvalue weighted by Gasteiger charge is -2.23. The summed E-state index contributed by atoms with van der Waals surface area (Å²) >= 11 is 1.58. The molecule has 1 aromatic heterocycles. The molecule has 0 aliphatic rings. The molecule has 0 radical (unpaired) electrons. The Balaban J connectivity index is 2.26. The van der Waals surface area contributed by atoms with E-state index < -0.39 is 11.5 Å². The van der Waals surface area contributed by atoms with Crippen LogP contribution in [-0.4, -0.2) is 34.4 Å². The van der Waals surface area contributed by atoms with Gasteiger partial charge in [0.1, 0.15) is 11.3 Å². The highest BCUT2D eigenvalue weighted by Crippen LogP contribution is 2.22. The Morgan fingerprint density at radius 3 is 2.63 bits per heavy atom. The van der Waals surface area contributed by atoms with Crippen LogP contribution in [0, 0.1) is 13.8 Å². The van der Waals surface area contributed by atoms with Crippen molar-refractivity contribution in [3.05, 3.63) is 11.5 Å². The molecule has 6 heteroatoms. The van der Waals surface area contributed by atoms with Crippen LogP contribution in [0.1, 0.15) is 37.6 Å². The van der Waals surface area contributed by atoms with Gasteiger partial charge in [0.25, 0.3) is 5.22 Å². The van der Waals surface area contributed by atoms with E-state index in [-0.39, 0.29) is 0 Å². The highest BCUT2D eigenvalue weighted by Gasteiger charge is 2.29. The number of hydrogen-bond acceptors (Lipinski definition) is 5. The lowest BCUT2D eigenvalue weighted by atomic mass is 9.95. The number of carboxylic acid groups (broad SMARTS) is 1. The van der Waals surface area contributed by atoms with Crippen molar-refractivity contribution in [3.8, 4) is 0 Å². The SMILES string of the molecule is CNC(C)(CCCCSc1nc(C)c(C)o1)C(=O)O. The maximum Gasteiger partial charge on any atom is 0.323 e. The number of aryl methyl sites for hydroxylation is 2. The van der Waals surface area contributed by atoms with Crippen molar-refractivity contribution in [2.24, 2.45) is 0 Å². The Kier molecular flexibility index (Phi) is 5.87. The minimum atomic E-state index is -0.833. The molecule has 0 fully saturated rings. The Morgan fingerprint density at radius 2 is 2.16 bits per heavy atom. The first kappa shape index (κ1) is 16.0. The normalized spacial score (nSPS) is 14.3. The monoisotopic (exact) mass is 286 g/mol. The molecule has 0 spiro atoms. The molecule has 0 saturated carbocycles. The fourth-order valence-corrected chi connectivity index (χ4v) is 2.49. The van der Waals surface area contributed by atoms with Crippen LogP contribution in [0.2, 0.25) is 0 Å². The van der Waals surface area contributed by atoms with Crippen molar-refractivity contribution < 1.29 is 14.3 Å². The number of carbonyl (C=O) groups is 1. The molecular formula is C13H22N2O3S. The molecule has 1 aromatic rings. The quantitative estimate of drug-likeness (QED) is 0.565. The molecule has 0 saturated heterocycles. The van der Waals surface area contributed by atoms with Crippen molar-refractivity contribution in [2.75, 3.05) is 12.8 Å². The van der Waals surface area contributed by atoms with Gasteiger partial charge in [-0.25, -0.2) is 4.98 Å². The molecule has 1 unspecified atom stereocenters. The summed E-state index contributed by atoms with van der Waals surface area (Å²) in [5, 5.41) is 12.7. The molecule has 19 heavy (non-hydrogen) atoms. The van der Waals surface area contributed by atoms with E-state index in [9.17, 15) is 4.79 Å². The summed E-state index contributed by atoms with van der Waals surface area (Å²) in [6.45, 7) is 5.54. The maximum absolute atomic E-state index is 11.1. The zero-order valence-corrected chi connectivity index (χ0v) is 12.8. The third-order valence-corrected chi connectivity index (χ3v) is 4.24. The molecule has 108 valence electrons. The molecule has 0 aliphatic heterocycles. The fraction of sp³-hybridized carbons (Fsp3) is 0.692. The topological polar surface area (TPSA) is 75.4 Å². The largest absolute Gasteiger partial charge is 0.480 e. The summed E-state index contributed by atoms with van der Waals surface area (Å²) in [4.78, 5) is 15.4. The van der Waals surface area contributed by atoms with Gasteiger partial charge in [0.15, 0.2) is 0 Å². The number of carboxylic acids is 1. The van der Waals surface area contributed by atoms with E-state index >= 15 is 0 Å². The molecule has 2 N–H and O–H groups in total. The zero-order chi connectivity index (χ0) is 14.5. The van der Waals surface area contributed by atoms with E-state index in [1.165, 1.54) is 0 Å². The van der Waals surface area contributed by atoms with Crippen molar-refractivity contribution >= 4 is 17.7 Å². The molecule has 5 nitrogen and oxygen atoms in total. The van der Waals surface area contributed by atoms with Gasteiger partial charge in [-0.2, -0.15) is 0 Å². The van der Waals surface area contributed by atoms with Crippen LogP contribution >= 0.6 is 11.8 Å². The van der Waals surface area contributed by atoms with Gasteiger partial charge in [-0.1, -0.05) is 18.2 Å². The molecule has 1 rings (SSSR count). The van der Waals surface area contributed by atoms with Crippen LogP contribution in [0.4, 0.5) is 0 Å². The first-order chi connectivity index (χ1) is 8.89. The first-order valence-corrected chi connectivity index (χ1v) is 7.37. The zero-order valence-electron chi connectivity index (χ0n) is 11.9. The van der Waals surface area contributed by atoms with Crippen molar-refractivity contribution in [2.45, 2.75) is 50.8 Å². The van der Waals surface area contributed by atoms with E-state index in [1.54, 1.807) is 25.7 Å². The van der Waals surface area contributed by atoms with Crippen molar-refractivity contribution in [1.29, 1.82) is 0 Å². The van der Waals surface area contributed by atoms with E-state index in [1.807, 2.05) is 13.8 Å². The van der Waals surface area contributed by atoms with Gasteiger partial charge in [0.2, 0.25) is 0 Å². The third-order valence-electron chi connectivity index (χ3n) is 3.33. The van der Waals surface area contributed by atoms with Gasteiger partial charge in [0, 0.05) is 5.75 Å². The lowest BCUT2D eigenvalue weighted by Crippen LogP contribution is -2.47. The average Bonchev–Trinajstić information content (AvgIpc) is 2.67. The Bertz CT molecular complexity index is 414. The molecule has 1 atom stereocenters. The molecular weight excluding hydrogens is 264 g/mol. The van der Waals surface area contributed by atoms with Crippen molar-refractivity contribution in [3.63, 3.8) is 0 Å². The summed E-state index contributed by atoms with van der Waals surface area (Å²) in [6.07, 6.45) is 2.41. The van der Waals surface area contributed by atoms with Gasteiger partial charge in [-0.05, 0) is 40.7 Å². The number of oxazole rings is 1. The number of aliphatic carboxylic acids is 1. The van der Waals surface area contributed by atoms with Crippen LogP contribution in [0.15, 0.2) is 9.64 Å². The minimum Gasteiger partial charge on any atom is -0.480 e. The van der Waals surface area contributed by atoms with Crippen LogP contribution in [0.5, 0.6) is 0 Å². The third kappa shape index (κ3) is 4.54. The van der Waals surface area contributed by atoms with Gasteiger partial charge >= 0.3 is 5.97 Å². The number of hydrogen-bond donors (Lipinski definition) is 2.